The topological polar surface area (TPSA) is 49.8 Å². The van der Waals surface area contributed by atoms with E-state index < -0.39 is 5.60 Å². The molecule has 1 amide bonds. The third-order valence-corrected chi connectivity index (χ3v) is 3.77. The van der Waals surface area contributed by atoms with Crippen molar-refractivity contribution in [1.82, 2.24) is 4.90 Å². The van der Waals surface area contributed by atoms with E-state index in [9.17, 15) is 9.90 Å². The van der Waals surface area contributed by atoms with Crippen LogP contribution in [0.25, 0.3) is 0 Å². The van der Waals surface area contributed by atoms with Gasteiger partial charge in [0.15, 0.2) is 0 Å². The summed E-state index contributed by atoms with van der Waals surface area (Å²) in [5, 5.41) is 10.00. The number of carbonyl (C=O) groups excluding carboxylic acids is 1. The first-order valence-corrected chi connectivity index (χ1v) is 7.52. The average molecular weight is 366 g/mol. The molecule has 1 aromatic rings. The van der Waals surface area contributed by atoms with Gasteiger partial charge in [0.2, 0.25) is 0 Å². The van der Waals surface area contributed by atoms with Crippen LogP contribution in [0.2, 0.25) is 0 Å². The number of phenols is 1. The zero-order valence-electron chi connectivity index (χ0n) is 14.0. The first-order valence-electron chi connectivity index (χ1n) is 6.72. The molecule has 0 spiro atoms. The number of ether oxygens (including phenoxy) is 1. The Balaban J connectivity index is 0.00000220. The maximum atomic E-state index is 12.0. The fraction of sp³-hybridized carbons (Fsp3) is 0.533. The molecule has 1 aliphatic heterocycles. The SMILES string of the molecule is CC(C)(C)OC(=O)N1CCC(c2ccc(Br)cc2O)C1.[H-].[Na+]. The Morgan fingerprint density at radius 3 is 2.71 bits per heavy atom. The predicted octanol–water partition coefficient (Wildman–Crippen LogP) is 0.996. The van der Waals surface area contributed by atoms with Gasteiger partial charge in [-0.1, -0.05) is 22.0 Å². The monoisotopic (exact) mass is 365 g/mol. The molecule has 1 aliphatic rings. The molecule has 6 heteroatoms. The van der Waals surface area contributed by atoms with Crippen LogP contribution in [0.5, 0.6) is 5.75 Å². The minimum atomic E-state index is -0.477. The van der Waals surface area contributed by atoms with Gasteiger partial charge in [-0.25, -0.2) is 4.79 Å². The summed E-state index contributed by atoms with van der Waals surface area (Å²) in [6, 6.07) is 5.50. The van der Waals surface area contributed by atoms with Crippen LogP contribution < -0.4 is 29.6 Å². The summed E-state index contributed by atoms with van der Waals surface area (Å²) >= 11 is 3.33. The van der Waals surface area contributed by atoms with E-state index in [1.807, 2.05) is 32.9 Å². The molecule has 112 valence electrons. The number of amides is 1. The smallest absolute Gasteiger partial charge is 1.00 e. The number of hydrogen-bond acceptors (Lipinski definition) is 3. The summed E-state index contributed by atoms with van der Waals surface area (Å²) < 4.78 is 6.22. The van der Waals surface area contributed by atoms with Gasteiger partial charge in [-0.2, -0.15) is 0 Å². The zero-order chi connectivity index (χ0) is 14.9. The number of likely N-dealkylation sites (tertiary alicyclic amines) is 1. The molecule has 1 saturated heterocycles. The van der Waals surface area contributed by atoms with Crippen LogP contribution in [0.4, 0.5) is 4.79 Å². The second kappa shape index (κ2) is 7.36. The molecule has 1 fully saturated rings. The van der Waals surface area contributed by atoms with E-state index in [0.717, 1.165) is 16.5 Å². The first-order chi connectivity index (χ1) is 9.26. The normalized spacial score (nSPS) is 18.3. The summed E-state index contributed by atoms with van der Waals surface area (Å²) in [5.74, 6) is 0.436. The van der Waals surface area contributed by atoms with E-state index in [0.29, 0.717) is 13.1 Å². The number of carbonyl (C=O) groups is 1. The van der Waals surface area contributed by atoms with Crippen LogP contribution in [0, 0.1) is 0 Å². The third-order valence-electron chi connectivity index (χ3n) is 3.27. The molecule has 0 saturated carbocycles. The van der Waals surface area contributed by atoms with Crippen LogP contribution >= 0.6 is 15.9 Å². The number of hydrogen-bond donors (Lipinski definition) is 1. The van der Waals surface area contributed by atoms with Crippen molar-refractivity contribution in [3.8, 4) is 5.75 Å². The van der Waals surface area contributed by atoms with Crippen LogP contribution in [-0.4, -0.2) is 34.8 Å². The molecule has 0 aliphatic carbocycles. The minimum Gasteiger partial charge on any atom is -1.00 e. The van der Waals surface area contributed by atoms with E-state index in [1.165, 1.54) is 0 Å². The second-order valence-electron chi connectivity index (χ2n) is 6.12. The summed E-state index contributed by atoms with van der Waals surface area (Å²) in [6.07, 6.45) is 0.561. The van der Waals surface area contributed by atoms with E-state index >= 15 is 0 Å². The minimum absolute atomic E-state index is 0. The van der Waals surface area contributed by atoms with E-state index in [2.05, 4.69) is 15.9 Å². The molecule has 1 aromatic carbocycles. The van der Waals surface area contributed by atoms with Gasteiger partial charge in [0, 0.05) is 23.5 Å². The quantitative estimate of drug-likeness (QED) is 0.755. The second-order valence-corrected chi connectivity index (χ2v) is 7.03. The molecule has 4 nitrogen and oxygen atoms in total. The number of halogens is 1. The molecule has 1 unspecified atom stereocenters. The van der Waals surface area contributed by atoms with E-state index in [4.69, 9.17) is 4.74 Å². The van der Waals surface area contributed by atoms with E-state index in [-0.39, 0.29) is 48.7 Å². The number of nitrogens with zero attached hydrogens (tertiary/aromatic N) is 1. The number of aromatic hydroxyl groups is 1. The molecule has 0 bridgehead atoms. The maximum Gasteiger partial charge on any atom is 1.00 e. The van der Waals surface area contributed by atoms with Gasteiger partial charge < -0.3 is 16.2 Å². The van der Waals surface area contributed by atoms with Crippen molar-refractivity contribution in [1.29, 1.82) is 0 Å². The Morgan fingerprint density at radius 1 is 1.48 bits per heavy atom. The van der Waals surface area contributed by atoms with E-state index in [1.54, 1.807) is 11.0 Å². The van der Waals surface area contributed by atoms with Gasteiger partial charge in [0.05, 0.1) is 0 Å². The molecule has 1 heterocycles. The number of benzene rings is 1. The van der Waals surface area contributed by atoms with Gasteiger partial charge in [-0.3, -0.25) is 0 Å². The third kappa shape index (κ3) is 5.16. The maximum absolute atomic E-state index is 12.0. The van der Waals surface area contributed by atoms with Crippen LogP contribution in [0.1, 0.15) is 40.1 Å². The summed E-state index contributed by atoms with van der Waals surface area (Å²) in [5.41, 5.74) is 0.411. The van der Waals surface area contributed by atoms with Crippen molar-refractivity contribution in [2.45, 2.75) is 38.7 Å². The number of phenolic OH excluding ortho intramolecular Hbond substituents is 1. The summed E-state index contributed by atoms with van der Waals surface area (Å²) in [7, 11) is 0. The summed E-state index contributed by atoms with van der Waals surface area (Å²) in [4.78, 5) is 13.7. The van der Waals surface area contributed by atoms with Crippen LogP contribution in [0.3, 0.4) is 0 Å². The molecule has 21 heavy (non-hydrogen) atoms. The van der Waals surface area contributed by atoms with Gasteiger partial charge in [0.1, 0.15) is 11.4 Å². The Kier molecular flexibility index (Phi) is 6.59. The van der Waals surface area contributed by atoms with Gasteiger partial charge in [-0.15, -0.1) is 0 Å². The fourth-order valence-corrected chi connectivity index (χ4v) is 2.72. The van der Waals surface area contributed by atoms with Gasteiger partial charge in [0.25, 0.3) is 0 Å². The Bertz CT molecular complexity index is 522. The number of rotatable bonds is 1. The molecular formula is C15H21BrNNaO3. The molecule has 1 atom stereocenters. The standard InChI is InChI=1S/C15H20BrNO3.Na.H/c1-15(2,3)20-14(19)17-7-6-10(9-17)12-5-4-11(16)8-13(12)18;;/h4-5,8,10,18H,6-7,9H2,1-3H3;;/q;+1;-1. The molecule has 1 N–H and O–H groups in total. The summed E-state index contributed by atoms with van der Waals surface area (Å²) in [6.45, 7) is 6.83. The van der Waals surface area contributed by atoms with Crippen LogP contribution in [0.15, 0.2) is 22.7 Å². The van der Waals surface area contributed by atoms with Crippen molar-refractivity contribution in [3.63, 3.8) is 0 Å². The van der Waals surface area contributed by atoms with Gasteiger partial charge >= 0.3 is 35.7 Å². The van der Waals surface area contributed by atoms with Crippen molar-refractivity contribution in [3.05, 3.63) is 28.2 Å². The van der Waals surface area contributed by atoms with Crippen molar-refractivity contribution in [2.75, 3.05) is 13.1 Å². The van der Waals surface area contributed by atoms with Gasteiger partial charge in [-0.05, 0) is 44.9 Å². The molecule has 0 radical (unpaired) electrons. The van der Waals surface area contributed by atoms with Crippen LogP contribution in [-0.2, 0) is 4.74 Å². The Morgan fingerprint density at radius 2 is 2.14 bits per heavy atom. The molecular weight excluding hydrogens is 345 g/mol. The Labute approximate surface area is 157 Å². The fourth-order valence-electron chi connectivity index (χ4n) is 2.37. The average Bonchev–Trinajstić information content (AvgIpc) is 2.75. The molecule has 0 aromatic heterocycles. The largest absolute Gasteiger partial charge is 1.00 e. The first kappa shape index (κ1) is 18.8. The predicted molar refractivity (Wildman–Crippen MR) is 82.1 cm³/mol. The zero-order valence-corrected chi connectivity index (χ0v) is 16.6. The Hall–Kier alpha value is -0.230. The van der Waals surface area contributed by atoms with Crippen molar-refractivity contribution in [2.24, 2.45) is 0 Å². The van der Waals surface area contributed by atoms with Crippen molar-refractivity contribution < 1.29 is 45.6 Å². The molecule has 2 rings (SSSR count). The van der Waals surface area contributed by atoms with Crippen molar-refractivity contribution >= 4 is 22.0 Å².